The van der Waals surface area contributed by atoms with E-state index in [1.807, 2.05) is 13.8 Å². The van der Waals surface area contributed by atoms with Gasteiger partial charge in [0.15, 0.2) is 29.7 Å². The molecule has 0 spiro atoms. The van der Waals surface area contributed by atoms with Crippen LogP contribution in [-0.4, -0.2) is 46.4 Å². The SMILES string of the molecule is CC(C)C=O.COc1ccc(-c2ccnc(-c3cc4cc(OO)ccc4[nH]3)n2)cc1OCC(F)(F)F. The number of ether oxygens (including phenoxy) is 2. The summed E-state index contributed by atoms with van der Waals surface area (Å²) in [5.74, 6) is 1.01. The molecule has 0 saturated carbocycles. The Kier molecular flexibility index (Phi) is 8.49. The van der Waals surface area contributed by atoms with Crippen LogP contribution in [0.4, 0.5) is 13.2 Å². The largest absolute Gasteiger partial charge is 0.493 e. The van der Waals surface area contributed by atoms with Gasteiger partial charge in [-0.2, -0.15) is 13.2 Å². The van der Waals surface area contributed by atoms with Crippen LogP contribution in [-0.2, 0) is 4.79 Å². The van der Waals surface area contributed by atoms with Crippen LogP contribution in [0, 0.1) is 5.92 Å². The lowest BCUT2D eigenvalue weighted by Crippen LogP contribution is -2.19. The van der Waals surface area contributed by atoms with E-state index in [-0.39, 0.29) is 23.2 Å². The van der Waals surface area contributed by atoms with Crippen LogP contribution in [0.5, 0.6) is 17.2 Å². The first kappa shape index (κ1) is 26.5. The van der Waals surface area contributed by atoms with Crippen molar-refractivity contribution in [3.63, 3.8) is 0 Å². The smallest absolute Gasteiger partial charge is 0.422 e. The Hall–Kier alpha value is -4.12. The number of carbonyl (C=O) groups excluding carboxylic acids is 1. The number of benzene rings is 2. The lowest BCUT2D eigenvalue weighted by molar-refractivity contribution is -0.153. The maximum absolute atomic E-state index is 12.6. The monoisotopic (exact) mass is 503 g/mol. The Morgan fingerprint density at radius 3 is 2.47 bits per heavy atom. The quantitative estimate of drug-likeness (QED) is 0.183. The van der Waals surface area contributed by atoms with Gasteiger partial charge in [0.05, 0.1) is 18.5 Å². The molecule has 0 fully saturated rings. The lowest BCUT2D eigenvalue weighted by Gasteiger charge is -2.13. The highest BCUT2D eigenvalue weighted by molar-refractivity contribution is 5.86. The van der Waals surface area contributed by atoms with Crippen LogP contribution in [0.2, 0.25) is 0 Å². The maximum atomic E-state index is 12.6. The number of aromatic amines is 1. The van der Waals surface area contributed by atoms with Gasteiger partial charge in [0.1, 0.15) is 6.29 Å². The van der Waals surface area contributed by atoms with Gasteiger partial charge in [-0.15, -0.1) is 0 Å². The Balaban J connectivity index is 0.000000658. The van der Waals surface area contributed by atoms with E-state index < -0.39 is 12.8 Å². The van der Waals surface area contributed by atoms with Crippen molar-refractivity contribution in [2.45, 2.75) is 20.0 Å². The number of fused-ring (bicyclic) bond motifs is 1. The molecule has 0 amide bonds. The molecule has 2 aromatic carbocycles. The zero-order chi connectivity index (χ0) is 26.3. The second-order valence-corrected chi connectivity index (χ2v) is 7.94. The predicted octanol–water partition coefficient (Wildman–Crippen LogP) is 5.93. The van der Waals surface area contributed by atoms with E-state index in [9.17, 15) is 18.0 Å². The van der Waals surface area contributed by atoms with E-state index in [4.69, 9.17) is 14.7 Å². The van der Waals surface area contributed by atoms with Crippen molar-refractivity contribution < 1.29 is 37.6 Å². The third-order valence-electron chi connectivity index (χ3n) is 4.72. The van der Waals surface area contributed by atoms with Crippen molar-refractivity contribution in [1.82, 2.24) is 15.0 Å². The minimum atomic E-state index is -4.47. The molecular formula is C25H24F3N3O5. The molecule has 4 aromatic rings. The number of carbonyl (C=O) groups is 1. The fraction of sp³-hybridized carbons (Fsp3) is 0.240. The second-order valence-electron chi connectivity index (χ2n) is 7.94. The van der Waals surface area contributed by atoms with Crippen LogP contribution in [0.25, 0.3) is 33.7 Å². The third kappa shape index (κ3) is 6.95. The Labute approximate surface area is 204 Å². The summed E-state index contributed by atoms with van der Waals surface area (Å²) in [4.78, 5) is 25.7. The molecule has 0 unspecified atom stereocenters. The Bertz CT molecular complexity index is 1320. The van der Waals surface area contributed by atoms with Gasteiger partial charge in [-0.3, -0.25) is 0 Å². The Morgan fingerprint density at radius 2 is 1.83 bits per heavy atom. The van der Waals surface area contributed by atoms with Gasteiger partial charge in [0, 0.05) is 28.6 Å². The summed E-state index contributed by atoms with van der Waals surface area (Å²) in [5.41, 5.74) is 2.43. The minimum absolute atomic E-state index is 0.0420. The van der Waals surface area contributed by atoms with Gasteiger partial charge in [-0.25, -0.2) is 15.2 Å². The molecule has 0 bridgehead atoms. The molecule has 2 N–H and O–H groups in total. The maximum Gasteiger partial charge on any atom is 0.422 e. The molecule has 36 heavy (non-hydrogen) atoms. The van der Waals surface area contributed by atoms with Gasteiger partial charge in [0.2, 0.25) is 0 Å². The van der Waals surface area contributed by atoms with Crippen molar-refractivity contribution in [3.8, 4) is 40.0 Å². The fourth-order valence-corrected chi connectivity index (χ4v) is 3.05. The summed E-state index contributed by atoms with van der Waals surface area (Å²) in [6.45, 7) is 2.27. The zero-order valence-corrected chi connectivity index (χ0v) is 19.7. The molecule has 190 valence electrons. The molecule has 0 radical (unpaired) electrons. The van der Waals surface area contributed by atoms with Crippen molar-refractivity contribution in [2.75, 3.05) is 13.7 Å². The molecule has 2 heterocycles. The molecule has 4 rings (SSSR count). The molecular weight excluding hydrogens is 479 g/mol. The molecule has 8 nitrogen and oxygen atoms in total. The van der Waals surface area contributed by atoms with E-state index in [1.165, 1.54) is 19.2 Å². The first-order valence-electron chi connectivity index (χ1n) is 10.7. The normalized spacial score (nSPS) is 11.1. The number of nitrogens with one attached hydrogen (secondary N) is 1. The number of nitrogens with zero attached hydrogens (tertiary/aromatic N) is 2. The number of halogens is 3. The molecule has 11 heteroatoms. The number of aromatic nitrogens is 3. The summed E-state index contributed by atoms with van der Waals surface area (Å²) < 4.78 is 47.7. The van der Waals surface area contributed by atoms with E-state index in [0.29, 0.717) is 22.8 Å². The van der Waals surface area contributed by atoms with Crippen LogP contribution < -0.4 is 14.4 Å². The number of aldehydes is 1. The predicted molar refractivity (Wildman–Crippen MR) is 127 cm³/mol. The summed E-state index contributed by atoms with van der Waals surface area (Å²) in [5, 5.41) is 9.59. The highest BCUT2D eigenvalue weighted by Gasteiger charge is 2.29. The lowest BCUT2D eigenvalue weighted by atomic mass is 10.1. The van der Waals surface area contributed by atoms with Gasteiger partial charge >= 0.3 is 6.18 Å². The number of hydrogen-bond donors (Lipinski definition) is 2. The average molecular weight is 503 g/mol. The first-order valence-corrected chi connectivity index (χ1v) is 10.7. The van der Waals surface area contributed by atoms with Crippen molar-refractivity contribution in [3.05, 3.63) is 54.7 Å². The number of rotatable bonds is 7. The molecule has 0 aliphatic rings. The van der Waals surface area contributed by atoms with Crippen molar-refractivity contribution >= 4 is 17.2 Å². The van der Waals surface area contributed by atoms with Gasteiger partial charge in [0.25, 0.3) is 0 Å². The third-order valence-corrected chi connectivity index (χ3v) is 4.72. The first-order chi connectivity index (χ1) is 17.1. The molecule has 0 saturated heterocycles. The molecule has 0 aliphatic heterocycles. The van der Waals surface area contributed by atoms with E-state index in [2.05, 4.69) is 19.8 Å². The van der Waals surface area contributed by atoms with Crippen molar-refractivity contribution in [1.29, 1.82) is 0 Å². The standard InChI is InChI=1S/C21H16F3N3O4.C4H8O/c1-29-18-5-2-12(10-19(18)30-11-21(22,23)24)16-6-7-25-20(27-16)17-9-13-8-14(31-28)3-4-15(13)26-17;1-4(2)3-5/h2-10,26,28H,11H2,1H3;3-4H,1-2H3. The van der Waals surface area contributed by atoms with Crippen LogP contribution in [0.15, 0.2) is 54.7 Å². The average Bonchev–Trinajstić information content (AvgIpc) is 3.30. The second kappa shape index (κ2) is 11.5. The van der Waals surface area contributed by atoms with Gasteiger partial charge < -0.3 is 24.1 Å². The summed E-state index contributed by atoms with van der Waals surface area (Å²) >= 11 is 0. The number of hydrogen-bond acceptors (Lipinski definition) is 7. The number of methoxy groups -OCH3 is 1. The van der Waals surface area contributed by atoms with Crippen molar-refractivity contribution in [2.24, 2.45) is 5.92 Å². The Morgan fingerprint density at radius 1 is 1.08 bits per heavy atom. The minimum Gasteiger partial charge on any atom is -0.493 e. The van der Waals surface area contributed by atoms with E-state index >= 15 is 0 Å². The molecule has 0 aliphatic carbocycles. The topological polar surface area (TPSA) is 107 Å². The van der Waals surface area contributed by atoms with Gasteiger partial charge in [-0.05, 0) is 48.5 Å². The summed E-state index contributed by atoms with van der Waals surface area (Å²) in [6, 6.07) is 13.0. The van der Waals surface area contributed by atoms with Crippen LogP contribution in [0.3, 0.4) is 0 Å². The number of alkyl halides is 3. The fourth-order valence-electron chi connectivity index (χ4n) is 3.05. The highest BCUT2D eigenvalue weighted by Crippen LogP contribution is 2.34. The van der Waals surface area contributed by atoms with Crippen LogP contribution in [0.1, 0.15) is 13.8 Å². The highest BCUT2D eigenvalue weighted by atomic mass is 19.4. The summed E-state index contributed by atoms with van der Waals surface area (Å²) in [6.07, 6.45) is -2.01. The zero-order valence-electron chi connectivity index (χ0n) is 19.7. The van der Waals surface area contributed by atoms with E-state index in [1.54, 1.807) is 42.6 Å². The molecule has 0 atom stereocenters. The number of H-pyrrole nitrogens is 1. The van der Waals surface area contributed by atoms with E-state index in [0.717, 1.165) is 17.2 Å². The van der Waals surface area contributed by atoms with Gasteiger partial charge in [-0.1, -0.05) is 13.8 Å². The molecule has 2 aromatic heterocycles. The van der Waals surface area contributed by atoms with Crippen LogP contribution >= 0.6 is 0 Å². The summed E-state index contributed by atoms with van der Waals surface area (Å²) in [7, 11) is 1.35.